The molecule has 1 atom stereocenters. The maximum Gasteiger partial charge on any atom is 0.0970 e. The molecule has 1 aromatic carbocycles. The predicted octanol–water partition coefficient (Wildman–Crippen LogP) is 4.19. The van der Waals surface area contributed by atoms with Crippen molar-refractivity contribution in [3.05, 3.63) is 34.9 Å². The number of nitrogens with one attached hydrogen (secondary N) is 1. The van der Waals surface area contributed by atoms with Gasteiger partial charge in [0.05, 0.1) is 11.9 Å². The predicted molar refractivity (Wildman–Crippen MR) is 85.4 cm³/mol. The second kappa shape index (κ2) is 6.43. The number of nitrogens with zero attached hydrogens (tertiary/aromatic N) is 1. The summed E-state index contributed by atoms with van der Waals surface area (Å²) >= 11 is 0. The molecule has 1 aliphatic carbocycles. The molecule has 1 aromatic rings. The third-order valence-corrected chi connectivity index (χ3v) is 4.62. The van der Waals surface area contributed by atoms with Gasteiger partial charge in [0.25, 0.3) is 0 Å². The van der Waals surface area contributed by atoms with E-state index in [1.54, 1.807) is 11.1 Å². The third kappa shape index (κ3) is 3.23. The van der Waals surface area contributed by atoms with Crippen molar-refractivity contribution in [2.45, 2.75) is 64.3 Å². The Kier molecular flexibility index (Phi) is 4.39. The molecule has 0 bridgehead atoms. The van der Waals surface area contributed by atoms with Gasteiger partial charge >= 0.3 is 0 Å². The number of fused-ring (bicyclic) bond motifs is 1. The van der Waals surface area contributed by atoms with Crippen molar-refractivity contribution in [3.8, 4) is 0 Å². The van der Waals surface area contributed by atoms with Gasteiger partial charge in [0.15, 0.2) is 0 Å². The van der Waals surface area contributed by atoms with Gasteiger partial charge in [0, 0.05) is 13.0 Å². The van der Waals surface area contributed by atoms with Crippen LogP contribution in [0.25, 0.3) is 0 Å². The van der Waals surface area contributed by atoms with Crippen molar-refractivity contribution >= 4 is 5.84 Å². The summed E-state index contributed by atoms with van der Waals surface area (Å²) in [6, 6.07) is 7.30. The quantitative estimate of drug-likeness (QED) is 0.856. The van der Waals surface area contributed by atoms with E-state index < -0.39 is 0 Å². The van der Waals surface area contributed by atoms with Crippen LogP contribution in [0, 0.1) is 0 Å². The van der Waals surface area contributed by atoms with Gasteiger partial charge in [0.2, 0.25) is 0 Å². The number of hydrogen-bond donors (Lipinski definition) is 1. The minimum atomic E-state index is 0.280. The second-order valence-corrected chi connectivity index (χ2v) is 6.22. The van der Waals surface area contributed by atoms with E-state index in [1.807, 2.05) is 0 Å². The van der Waals surface area contributed by atoms with Gasteiger partial charge in [-0.2, -0.15) is 0 Å². The Hall–Kier alpha value is -1.31. The van der Waals surface area contributed by atoms with Crippen LogP contribution in [0.15, 0.2) is 23.2 Å². The van der Waals surface area contributed by atoms with E-state index in [1.165, 1.54) is 56.3 Å². The van der Waals surface area contributed by atoms with Gasteiger partial charge in [-0.3, -0.25) is 4.99 Å². The van der Waals surface area contributed by atoms with Gasteiger partial charge in [-0.15, -0.1) is 0 Å². The number of benzene rings is 1. The van der Waals surface area contributed by atoms with E-state index in [0.29, 0.717) is 0 Å². The lowest BCUT2D eigenvalue weighted by molar-refractivity contribution is 0.681. The molecule has 1 aliphatic heterocycles. The molecule has 1 heterocycles. The van der Waals surface area contributed by atoms with Crippen molar-refractivity contribution in [1.82, 2.24) is 5.32 Å². The largest absolute Gasteiger partial charge is 0.374 e. The fraction of sp³-hybridized carbons (Fsp3) is 0.611. The molecule has 1 N–H and O–H groups in total. The number of rotatable bonds is 2. The van der Waals surface area contributed by atoms with Crippen molar-refractivity contribution in [3.63, 3.8) is 0 Å². The van der Waals surface area contributed by atoms with Crippen LogP contribution in [0.2, 0.25) is 0 Å². The molecule has 0 radical (unpaired) electrons. The monoisotopic (exact) mass is 270 g/mol. The Morgan fingerprint density at radius 3 is 2.65 bits per heavy atom. The number of hydrogen-bond acceptors (Lipinski definition) is 1. The van der Waals surface area contributed by atoms with Crippen molar-refractivity contribution < 1.29 is 0 Å². The van der Waals surface area contributed by atoms with Crippen LogP contribution >= 0.6 is 0 Å². The molecule has 2 nitrogen and oxygen atoms in total. The molecule has 0 saturated carbocycles. The lowest BCUT2D eigenvalue weighted by Gasteiger charge is -2.18. The van der Waals surface area contributed by atoms with Gasteiger partial charge in [0.1, 0.15) is 0 Å². The van der Waals surface area contributed by atoms with Crippen molar-refractivity contribution in [2.75, 3.05) is 6.54 Å². The summed E-state index contributed by atoms with van der Waals surface area (Å²) in [6.45, 7) is 3.32. The first-order valence-corrected chi connectivity index (χ1v) is 8.25. The van der Waals surface area contributed by atoms with Crippen LogP contribution in [-0.4, -0.2) is 12.4 Å². The molecule has 1 saturated heterocycles. The van der Waals surface area contributed by atoms with E-state index in [-0.39, 0.29) is 6.04 Å². The van der Waals surface area contributed by atoms with Crippen molar-refractivity contribution in [2.24, 2.45) is 4.99 Å². The molecular formula is C18H26N2. The van der Waals surface area contributed by atoms with E-state index in [0.717, 1.165) is 13.0 Å². The van der Waals surface area contributed by atoms with Crippen LogP contribution in [-0.2, 0) is 12.8 Å². The Morgan fingerprint density at radius 2 is 1.75 bits per heavy atom. The number of aliphatic imine (C=N–C) groups is 1. The molecule has 1 unspecified atom stereocenters. The zero-order valence-corrected chi connectivity index (χ0v) is 12.6. The molecule has 108 valence electrons. The molecule has 3 rings (SSSR count). The summed E-state index contributed by atoms with van der Waals surface area (Å²) in [5.74, 6) is 1.22. The van der Waals surface area contributed by atoms with E-state index in [9.17, 15) is 0 Å². The van der Waals surface area contributed by atoms with Gasteiger partial charge in [-0.25, -0.2) is 0 Å². The standard InChI is InChI=1S/C18H26N2/c1-14(20-18-9-3-2-6-12-19-18)16-11-10-15-7-4-5-8-17(15)13-16/h10-11,13-14H,2-9,12H2,1H3,(H,19,20). The van der Waals surface area contributed by atoms with E-state index in [2.05, 4.69) is 30.4 Å². The molecule has 2 aliphatic rings. The summed E-state index contributed by atoms with van der Waals surface area (Å²) in [6.07, 6.45) is 10.2. The van der Waals surface area contributed by atoms with Crippen molar-refractivity contribution in [1.29, 1.82) is 0 Å². The minimum Gasteiger partial charge on any atom is -0.374 e. The molecule has 2 heteroatoms. The van der Waals surface area contributed by atoms with Gasteiger partial charge < -0.3 is 5.32 Å². The van der Waals surface area contributed by atoms with E-state index >= 15 is 0 Å². The molecule has 0 aromatic heterocycles. The lowest BCUT2D eigenvalue weighted by atomic mass is 9.89. The number of amidine groups is 1. The minimum absolute atomic E-state index is 0.280. The lowest BCUT2D eigenvalue weighted by Crippen LogP contribution is -2.22. The van der Waals surface area contributed by atoms with Crippen LogP contribution in [0.1, 0.15) is 68.2 Å². The fourth-order valence-corrected chi connectivity index (χ4v) is 3.35. The van der Waals surface area contributed by atoms with Gasteiger partial charge in [-0.05, 0) is 62.1 Å². The van der Waals surface area contributed by atoms with Crippen LogP contribution in [0.3, 0.4) is 0 Å². The van der Waals surface area contributed by atoms with Crippen LogP contribution in [0.4, 0.5) is 0 Å². The highest BCUT2D eigenvalue weighted by atomic mass is 15.0. The van der Waals surface area contributed by atoms with Crippen LogP contribution < -0.4 is 5.32 Å². The Balaban J connectivity index is 1.76. The smallest absolute Gasteiger partial charge is 0.0970 e. The Bertz CT molecular complexity index is 480. The normalized spacial score (nSPS) is 22.8. The first-order chi connectivity index (χ1) is 9.83. The third-order valence-electron chi connectivity index (χ3n) is 4.62. The van der Waals surface area contributed by atoms with E-state index in [4.69, 9.17) is 4.99 Å². The topological polar surface area (TPSA) is 24.4 Å². The average molecular weight is 270 g/mol. The SMILES string of the molecule is CC(/N=C1/CCCCCN1)c1ccc2c(c1)CCCC2. The maximum absolute atomic E-state index is 4.92. The second-order valence-electron chi connectivity index (χ2n) is 6.22. The zero-order valence-electron chi connectivity index (χ0n) is 12.6. The zero-order chi connectivity index (χ0) is 13.8. The first-order valence-electron chi connectivity index (χ1n) is 8.25. The van der Waals surface area contributed by atoms with Crippen LogP contribution in [0.5, 0.6) is 0 Å². The summed E-state index contributed by atoms with van der Waals surface area (Å²) in [5.41, 5.74) is 4.51. The highest BCUT2D eigenvalue weighted by molar-refractivity contribution is 5.82. The Morgan fingerprint density at radius 1 is 0.950 bits per heavy atom. The average Bonchev–Trinajstić information content (AvgIpc) is 2.75. The van der Waals surface area contributed by atoms with Gasteiger partial charge in [-0.1, -0.05) is 24.6 Å². The summed E-state index contributed by atoms with van der Waals surface area (Å²) in [7, 11) is 0. The fourth-order valence-electron chi connectivity index (χ4n) is 3.35. The molecule has 0 spiro atoms. The highest BCUT2D eigenvalue weighted by Crippen LogP contribution is 2.26. The maximum atomic E-state index is 4.92. The number of aryl methyl sites for hydroxylation is 2. The molecule has 0 amide bonds. The summed E-state index contributed by atoms with van der Waals surface area (Å²) in [5, 5.41) is 3.49. The Labute approximate surface area is 122 Å². The summed E-state index contributed by atoms with van der Waals surface area (Å²) < 4.78 is 0. The molecule has 20 heavy (non-hydrogen) atoms. The first kappa shape index (κ1) is 13.7. The molecular weight excluding hydrogens is 244 g/mol. The summed E-state index contributed by atoms with van der Waals surface area (Å²) in [4.78, 5) is 4.92. The molecule has 1 fully saturated rings. The highest BCUT2D eigenvalue weighted by Gasteiger charge is 2.13.